The molecule has 1 aliphatic rings. The van der Waals surface area contributed by atoms with E-state index < -0.39 is 0 Å². The summed E-state index contributed by atoms with van der Waals surface area (Å²) in [6, 6.07) is 11.4. The first kappa shape index (κ1) is 22.2. The first-order chi connectivity index (χ1) is 16.0. The van der Waals surface area contributed by atoms with Crippen LogP contribution in [0.3, 0.4) is 0 Å². The smallest absolute Gasteiger partial charge is 0.247 e. The minimum Gasteiger partial charge on any atom is -0.338 e. The molecule has 3 aromatic rings. The Bertz CT molecular complexity index is 1140. The highest BCUT2D eigenvalue weighted by Crippen LogP contribution is 2.21. The van der Waals surface area contributed by atoms with E-state index in [1.807, 2.05) is 55.5 Å². The van der Waals surface area contributed by atoms with Gasteiger partial charge in [0, 0.05) is 49.7 Å². The van der Waals surface area contributed by atoms with Crippen LogP contribution in [0.2, 0.25) is 0 Å². The maximum absolute atomic E-state index is 11.4. The number of anilines is 4. The second-order valence-electron chi connectivity index (χ2n) is 7.98. The molecule has 0 atom stereocenters. The lowest BCUT2D eigenvalue weighted by Crippen LogP contribution is -2.45. The van der Waals surface area contributed by atoms with Gasteiger partial charge in [0.05, 0.1) is 5.69 Å². The van der Waals surface area contributed by atoms with Gasteiger partial charge in [-0.25, -0.2) is 4.98 Å². The van der Waals surface area contributed by atoms with Crippen LogP contribution in [-0.2, 0) is 4.79 Å². The van der Waals surface area contributed by atoms with Gasteiger partial charge in [0.2, 0.25) is 11.9 Å². The third-order valence-corrected chi connectivity index (χ3v) is 5.29. The second kappa shape index (κ2) is 10.1. The molecule has 1 amide bonds. The standard InChI is InChI=1S/C24H28N8O/c1-4-23(33)25-19-8-5-18(6-9-19)7-10-20-16-21(27-22-15-17(2)29-30-22)28-24(26-20)32-13-11-31(3)12-14-32/h4-10,15-16H,1,11-14H2,2-3H3,(H,25,33)(H2,26,27,28,29,30)/b10-7+. The number of aromatic amines is 1. The number of H-pyrrole nitrogens is 1. The van der Waals surface area contributed by atoms with Gasteiger partial charge in [0.25, 0.3) is 0 Å². The van der Waals surface area contributed by atoms with Crippen LogP contribution in [-0.4, -0.2) is 64.2 Å². The van der Waals surface area contributed by atoms with Crippen molar-refractivity contribution in [2.75, 3.05) is 48.8 Å². The molecule has 9 nitrogen and oxygen atoms in total. The van der Waals surface area contributed by atoms with Gasteiger partial charge in [-0.2, -0.15) is 10.1 Å². The number of carbonyl (C=O) groups is 1. The molecule has 3 N–H and O–H groups in total. The van der Waals surface area contributed by atoms with Crippen molar-refractivity contribution in [2.24, 2.45) is 0 Å². The molecular formula is C24H28N8O. The minimum absolute atomic E-state index is 0.233. The van der Waals surface area contributed by atoms with Gasteiger partial charge in [0.15, 0.2) is 5.82 Å². The largest absolute Gasteiger partial charge is 0.338 e. The summed E-state index contributed by atoms with van der Waals surface area (Å²) in [7, 11) is 2.12. The van der Waals surface area contributed by atoms with E-state index in [1.54, 1.807) is 0 Å². The van der Waals surface area contributed by atoms with Gasteiger partial charge in [-0.15, -0.1) is 0 Å². The zero-order chi connectivity index (χ0) is 23.2. The van der Waals surface area contributed by atoms with Crippen LogP contribution in [0.1, 0.15) is 17.0 Å². The summed E-state index contributed by atoms with van der Waals surface area (Å²) in [5.41, 5.74) is 3.47. The van der Waals surface area contributed by atoms with Gasteiger partial charge in [-0.3, -0.25) is 9.89 Å². The van der Waals surface area contributed by atoms with E-state index in [2.05, 4.69) is 44.3 Å². The number of benzene rings is 1. The van der Waals surface area contributed by atoms with Gasteiger partial charge in [-0.1, -0.05) is 24.8 Å². The molecule has 170 valence electrons. The Morgan fingerprint density at radius 1 is 1.06 bits per heavy atom. The lowest BCUT2D eigenvalue weighted by atomic mass is 10.2. The molecule has 4 rings (SSSR count). The van der Waals surface area contributed by atoms with Gasteiger partial charge in [0.1, 0.15) is 5.82 Å². The molecule has 0 bridgehead atoms. The Hall–Kier alpha value is -3.98. The van der Waals surface area contributed by atoms with E-state index in [1.165, 1.54) is 6.08 Å². The molecular weight excluding hydrogens is 416 g/mol. The fourth-order valence-electron chi connectivity index (χ4n) is 3.42. The number of nitrogens with one attached hydrogen (secondary N) is 3. The van der Waals surface area contributed by atoms with Gasteiger partial charge >= 0.3 is 0 Å². The maximum atomic E-state index is 11.4. The monoisotopic (exact) mass is 444 g/mol. The number of rotatable bonds is 7. The molecule has 3 heterocycles. The fourth-order valence-corrected chi connectivity index (χ4v) is 3.42. The van der Waals surface area contributed by atoms with E-state index >= 15 is 0 Å². The SMILES string of the molecule is C=CC(=O)Nc1ccc(/C=C/c2cc(Nc3cc(C)[nH]n3)nc(N3CCN(C)CC3)n2)cc1. The lowest BCUT2D eigenvalue weighted by molar-refractivity contribution is -0.111. The first-order valence-electron chi connectivity index (χ1n) is 10.8. The second-order valence-corrected chi connectivity index (χ2v) is 7.98. The summed E-state index contributed by atoms with van der Waals surface area (Å²) in [5.74, 6) is 1.86. The van der Waals surface area contributed by atoms with Crippen LogP contribution in [0, 0.1) is 6.92 Å². The van der Waals surface area contributed by atoms with Crippen molar-refractivity contribution in [1.82, 2.24) is 25.1 Å². The molecule has 1 saturated heterocycles. The highest BCUT2D eigenvalue weighted by Gasteiger charge is 2.18. The van der Waals surface area contributed by atoms with Crippen LogP contribution in [0.5, 0.6) is 0 Å². The maximum Gasteiger partial charge on any atom is 0.247 e. The Balaban J connectivity index is 1.56. The number of hydrogen-bond acceptors (Lipinski definition) is 7. The Kier molecular flexibility index (Phi) is 6.80. The van der Waals surface area contributed by atoms with Crippen molar-refractivity contribution in [3.8, 4) is 0 Å². The zero-order valence-corrected chi connectivity index (χ0v) is 18.9. The summed E-state index contributed by atoms with van der Waals surface area (Å²) in [4.78, 5) is 25.5. The molecule has 0 unspecified atom stereocenters. The topological polar surface area (TPSA) is 102 Å². The average molecular weight is 445 g/mol. The van der Waals surface area contributed by atoms with Crippen molar-refractivity contribution in [3.63, 3.8) is 0 Å². The van der Waals surface area contributed by atoms with Crippen LogP contribution in [0.15, 0.2) is 49.1 Å². The van der Waals surface area contributed by atoms with Crippen LogP contribution >= 0.6 is 0 Å². The minimum atomic E-state index is -0.233. The van der Waals surface area contributed by atoms with Crippen molar-refractivity contribution < 1.29 is 4.79 Å². The third kappa shape index (κ3) is 6.05. The molecule has 0 spiro atoms. The number of nitrogens with zero attached hydrogens (tertiary/aromatic N) is 5. The Labute approximate surface area is 193 Å². The molecule has 1 fully saturated rings. The molecule has 1 aliphatic heterocycles. The number of likely N-dealkylation sites (N-methyl/N-ethyl adjacent to an activating group) is 1. The van der Waals surface area contributed by atoms with Crippen molar-refractivity contribution in [1.29, 1.82) is 0 Å². The molecule has 2 aromatic heterocycles. The quantitative estimate of drug-likeness (QED) is 0.481. The summed E-state index contributed by atoms with van der Waals surface area (Å²) < 4.78 is 0. The van der Waals surface area contributed by atoms with Crippen LogP contribution in [0.25, 0.3) is 12.2 Å². The molecule has 33 heavy (non-hydrogen) atoms. The highest BCUT2D eigenvalue weighted by atomic mass is 16.1. The highest BCUT2D eigenvalue weighted by molar-refractivity contribution is 5.98. The number of aromatic nitrogens is 4. The number of hydrogen-bond donors (Lipinski definition) is 3. The van der Waals surface area contributed by atoms with E-state index in [-0.39, 0.29) is 5.91 Å². The normalized spacial score (nSPS) is 14.4. The first-order valence-corrected chi connectivity index (χ1v) is 10.8. The predicted octanol–water partition coefficient (Wildman–Crippen LogP) is 3.30. The van der Waals surface area contributed by atoms with E-state index in [9.17, 15) is 4.79 Å². The Morgan fingerprint density at radius 2 is 1.82 bits per heavy atom. The summed E-state index contributed by atoms with van der Waals surface area (Å²) in [5, 5.41) is 13.2. The van der Waals surface area contributed by atoms with E-state index in [0.717, 1.165) is 48.8 Å². The van der Waals surface area contributed by atoms with Crippen LogP contribution < -0.4 is 15.5 Å². The molecule has 1 aromatic carbocycles. The Morgan fingerprint density at radius 3 is 2.48 bits per heavy atom. The molecule has 0 saturated carbocycles. The van der Waals surface area contributed by atoms with Crippen molar-refractivity contribution in [2.45, 2.75) is 6.92 Å². The van der Waals surface area contributed by atoms with Gasteiger partial charge in [-0.05, 0) is 43.8 Å². The van der Waals surface area contributed by atoms with E-state index in [0.29, 0.717) is 17.6 Å². The van der Waals surface area contributed by atoms with Gasteiger partial charge < -0.3 is 20.4 Å². The summed E-state index contributed by atoms with van der Waals surface area (Å²) in [6.45, 7) is 9.12. The van der Waals surface area contributed by atoms with Crippen LogP contribution in [0.4, 0.5) is 23.3 Å². The van der Waals surface area contributed by atoms with Crippen molar-refractivity contribution in [3.05, 3.63) is 66.0 Å². The summed E-state index contributed by atoms with van der Waals surface area (Å²) >= 11 is 0. The number of piperazine rings is 1. The zero-order valence-electron chi connectivity index (χ0n) is 18.9. The van der Waals surface area contributed by atoms with Crippen molar-refractivity contribution >= 4 is 41.3 Å². The number of carbonyl (C=O) groups excluding carboxylic acids is 1. The molecule has 0 aliphatic carbocycles. The van der Waals surface area contributed by atoms with E-state index in [4.69, 9.17) is 9.97 Å². The lowest BCUT2D eigenvalue weighted by Gasteiger charge is -2.32. The average Bonchev–Trinajstić information content (AvgIpc) is 3.23. The number of amides is 1. The summed E-state index contributed by atoms with van der Waals surface area (Å²) in [6.07, 6.45) is 5.19. The fraction of sp³-hybridized carbons (Fsp3) is 0.250. The predicted molar refractivity (Wildman–Crippen MR) is 133 cm³/mol. The molecule has 9 heteroatoms. The third-order valence-electron chi connectivity index (χ3n) is 5.29. The molecule has 0 radical (unpaired) electrons. The number of aryl methyl sites for hydroxylation is 1.